The lowest BCUT2D eigenvalue weighted by Crippen LogP contribution is -2.16. The van der Waals surface area contributed by atoms with Gasteiger partial charge in [-0.15, -0.1) is 0 Å². The highest BCUT2D eigenvalue weighted by molar-refractivity contribution is 14.1. The van der Waals surface area contributed by atoms with Gasteiger partial charge in [0.15, 0.2) is 0 Å². The fourth-order valence-corrected chi connectivity index (χ4v) is 13.7. The number of fused-ring (bicyclic) bond motifs is 8. The molecule has 7 heteroatoms. The van der Waals surface area contributed by atoms with Gasteiger partial charge in [-0.3, -0.25) is 9.97 Å². The van der Waals surface area contributed by atoms with Crippen LogP contribution < -0.4 is 0 Å². The summed E-state index contributed by atoms with van der Waals surface area (Å²) >= 11 is 2.57. The molecule has 2 aliphatic heterocycles. The van der Waals surface area contributed by atoms with Gasteiger partial charge in [0.1, 0.15) is 0 Å². The molecule has 480 valence electrons. The molecule has 0 unspecified atom stereocenters. The van der Waals surface area contributed by atoms with Crippen LogP contribution in [0.1, 0.15) is 203 Å². The quantitative estimate of drug-likeness (QED) is 0.111. The molecule has 2 N–H and O–H groups in total. The summed E-state index contributed by atoms with van der Waals surface area (Å²) in [6, 6.07) is 62.2. The van der Waals surface area contributed by atoms with E-state index in [0.29, 0.717) is 0 Å². The van der Waals surface area contributed by atoms with Crippen LogP contribution in [-0.4, -0.2) is 29.9 Å². The van der Waals surface area contributed by atoms with Crippen LogP contribution in [0.15, 0.2) is 192 Å². The van der Waals surface area contributed by atoms with E-state index in [2.05, 4.69) is 333 Å². The molecule has 0 fully saturated rings. The minimum absolute atomic E-state index is 0.157. The first-order valence-corrected chi connectivity index (χ1v) is 34.6. The summed E-state index contributed by atoms with van der Waals surface area (Å²) in [5.41, 5.74) is 27.4. The predicted molar refractivity (Wildman–Crippen MR) is 415 cm³/mol. The summed E-state index contributed by atoms with van der Waals surface area (Å²) in [4.78, 5) is 31.3. The molecule has 2 aliphatic rings. The molecular weight excluding hydrogens is 1270 g/mol. The van der Waals surface area contributed by atoms with Gasteiger partial charge in [0.25, 0.3) is 0 Å². The monoisotopic (exact) mass is 1360 g/mol. The van der Waals surface area contributed by atoms with Crippen LogP contribution in [0.3, 0.4) is 0 Å². The maximum absolute atomic E-state index is 6.25. The Morgan fingerprint density at radius 1 is 0.389 bits per heavy atom. The van der Waals surface area contributed by atoms with Crippen LogP contribution in [0.4, 0.5) is 0 Å². The smallest absolute Gasteiger partial charge is 0.0832 e. The summed E-state index contributed by atoms with van der Waals surface area (Å²) in [6.45, 7) is 46.6. The zero-order valence-corrected chi connectivity index (χ0v) is 61.1. The largest absolute Gasteiger partial charge is 0.354 e. The van der Waals surface area contributed by atoms with Gasteiger partial charge in [-0.1, -0.05) is 259 Å². The van der Waals surface area contributed by atoms with E-state index in [1.165, 1.54) is 33.4 Å². The van der Waals surface area contributed by atoms with E-state index in [1.54, 1.807) is 0 Å². The third-order valence-corrected chi connectivity index (χ3v) is 19.8. The van der Waals surface area contributed by atoms with E-state index in [-0.39, 0.29) is 32.5 Å². The Labute approximate surface area is 578 Å². The molecule has 12 rings (SSSR count). The van der Waals surface area contributed by atoms with Crippen molar-refractivity contribution in [3.05, 3.63) is 271 Å². The third-order valence-electron chi connectivity index (χ3n) is 18.6. The first-order valence-electron chi connectivity index (χ1n) is 33.5. The summed E-state index contributed by atoms with van der Waals surface area (Å²) < 4.78 is 0.961. The molecule has 0 spiro atoms. The van der Waals surface area contributed by atoms with E-state index in [4.69, 9.17) is 26.5 Å². The summed E-state index contributed by atoms with van der Waals surface area (Å²) in [7, 11) is 0. The van der Waals surface area contributed by atoms with Crippen molar-refractivity contribution in [3.63, 3.8) is 0 Å². The van der Waals surface area contributed by atoms with Crippen LogP contribution in [0.25, 0.3) is 102 Å². The molecule has 0 amide bonds. The molecule has 0 saturated heterocycles. The lowest BCUT2D eigenvalue weighted by atomic mass is 9.78. The zero-order chi connectivity index (χ0) is 67.9. The first-order chi connectivity index (χ1) is 44.7. The van der Waals surface area contributed by atoms with Crippen LogP contribution in [0, 0.1) is 0 Å². The summed E-state index contributed by atoms with van der Waals surface area (Å²) in [5, 5.41) is 0. The predicted octanol–water partition coefficient (Wildman–Crippen LogP) is 24.2. The second-order valence-electron chi connectivity index (χ2n) is 32.1. The zero-order valence-electron chi connectivity index (χ0n) is 58.9. The van der Waals surface area contributed by atoms with Gasteiger partial charge in [-0.05, 0) is 183 Å². The van der Waals surface area contributed by atoms with Crippen molar-refractivity contribution in [2.24, 2.45) is 0 Å². The molecule has 6 nitrogen and oxygen atoms in total. The van der Waals surface area contributed by atoms with Gasteiger partial charge in [-0.25, -0.2) is 9.97 Å². The number of rotatable bonds is 9. The van der Waals surface area contributed by atoms with Crippen molar-refractivity contribution < 1.29 is 0 Å². The number of allylic oxidation sites excluding steroid dienone is 2. The lowest BCUT2D eigenvalue weighted by molar-refractivity contribution is 0.568. The number of pyridine rings is 2. The Bertz CT molecular complexity index is 4820. The number of hydrogen-bond acceptors (Lipinski definition) is 4. The summed E-state index contributed by atoms with van der Waals surface area (Å²) in [6.07, 6.45) is 10.6. The number of nitrogens with one attached hydrogen (secondary N) is 2. The molecule has 7 heterocycles. The van der Waals surface area contributed by atoms with E-state index in [1.807, 2.05) is 24.5 Å². The van der Waals surface area contributed by atoms with Crippen LogP contribution in [0.2, 0.25) is 0 Å². The Morgan fingerprint density at radius 3 is 1.19 bits per heavy atom. The number of hydrogen-bond donors (Lipinski definition) is 2. The van der Waals surface area contributed by atoms with E-state index in [0.717, 1.165) is 132 Å². The van der Waals surface area contributed by atoms with Crippen molar-refractivity contribution in [1.29, 1.82) is 0 Å². The second-order valence-corrected chi connectivity index (χ2v) is 33.2. The Hall–Kier alpha value is -8.79. The Morgan fingerprint density at radius 2 is 0.779 bits per heavy atom. The van der Waals surface area contributed by atoms with Crippen molar-refractivity contribution in [2.45, 2.75) is 157 Å². The average Bonchev–Trinajstić information content (AvgIpc) is 1.60. The van der Waals surface area contributed by atoms with Gasteiger partial charge < -0.3 is 9.97 Å². The van der Waals surface area contributed by atoms with Crippen molar-refractivity contribution in [1.82, 2.24) is 29.9 Å². The highest BCUT2D eigenvalue weighted by Crippen LogP contribution is 2.49. The lowest BCUT2D eigenvalue weighted by Gasteiger charge is -2.26. The average molecular weight is 1360 g/mol. The highest BCUT2D eigenvalue weighted by atomic mass is 127. The fraction of sp³-hybridized carbons (Fsp3) is 0.273. The molecule has 10 aromatic rings. The number of aromatic nitrogens is 6. The minimum Gasteiger partial charge on any atom is -0.354 e. The van der Waals surface area contributed by atoms with Crippen LogP contribution >= 0.6 is 22.6 Å². The third kappa shape index (κ3) is 13.5. The van der Waals surface area contributed by atoms with Crippen LogP contribution in [0.5, 0.6) is 0 Å². The first kappa shape index (κ1) is 66.2. The van der Waals surface area contributed by atoms with E-state index in [9.17, 15) is 0 Å². The molecule has 0 aliphatic carbocycles. The number of nitrogens with zero attached hydrogens (tertiary/aromatic N) is 4. The van der Waals surface area contributed by atoms with Gasteiger partial charge in [-0.2, -0.15) is 0 Å². The van der Waals surface area contributed by atoms with Crippen molar-refractivity contribution >= 4 is 79.6 Å². The van der Waals surface area contributed by atoms with Gasteiger partial charge >= 0.3 is 0 Å². The Kier molecular flexibility index (Phi) is 17.3. The molecule has 8 bridgehead atoms. The van der Waals surface area contributed by atoms with Crippen LogP contribution in [-0.2, 0) is 32.5 Å². The molecule has 95 heavy (non-hydrogen) atoms. The Balaban J connectivity index is 1.42. The van der Waals surface area contributed by atoms with Crippen molar-refractivity contribution in [2.75, 3.05) is 0 Å². The van der Waals surface area contributed by atoms with E-state index < -0.39 is 0 Å². The topological polar surface area (TPSA) is 83.1 Å². The van der Waals surface area contributed by atoms with Gasteiger partial charge in [0, 0.05) is 71.5 Å². The molecule has 0 radical (unpaired) electrons. The number of H-pyrrole nitrogens is 2. The minimum atomic E-state index is -0.190. The molecule has 5 aromatic heterocycles. The maximum atomic E-state index is 6.25. The fourth-order valence-electron chi connectivity index (χ4n) is 12.8. The highest BCUT2D eigenvalue weighted by Gasteiger charge is 2.32. The normalized spacial score (nSPS) is 13.4. The van der Waals surface area contributed by atoms with E-state index >= 15 is 0 Å². The molecule has 0 atom stereocenters. The standard InChI is InChI=1S/C88H91IN6/c1-53(54-30-22-20-23-31-54)80(89)78(55-32-24-21-25-33-55)79-81-65(67-34-26-28-40-90-67)51-73(94-81)76(57-44-61(85(8,9)10)49-62(45-57)86(11,12)13)71-38-36-69(92-71)75(56-42-59(83(2,3)4)48-60(43-56)84(5,6)7)70-37-39-72(93-70)77(74-52-66(82(79)95-74)68-35-27-29-41-91-68)58-46-63(87(14,15)16)50-64(47-58)88(17,18)19/h20-52,92,95H,1H2,2-19H3/b75-69?,75-70?,76-71?,76-73?,77-72?,77-74?,80-78+,81-79?,82-79?. The van der Waals surface area contributed by atoms with Gasteiger partial charge in [0.05, 0.1) is 39.7 Å². The second kappa shape index (κ2) is 24.8. The molecular formula is C88H91IN6. The SMILES string of the molecule is C=C(/C(I)=C(/c1ccccc1)c1c2nc(c(-c3cc(C(C)(C)C)cc(C(C)(C)C)c3)c3ccc([nH]3)c(-c3cc(C(C)(C)C)cc(C(C)(C)C)c3)c3nc(c(-c4cc(C(C)(C)C)cc(C(C)(C)C)c4)c4cc(-c5ccccn5)c1[nH]4)C=C3)C=C2c1ccccn1)c1ccccc1. The maximum Gasteiger partial charge on any atom is 0.0832 e. The summed E-state index contributed by atoms with van der Waals surface area (Å²) in [5.74, 6) is 0. The number of halogens is 1. The van der Waals surface area contributed by atoms with Crippen molar-refractivity contribution in [3.8, 4) is 44.6 Å². The molecule has 0 saturated carbocycles. The number of aromatic amines is 2. The number of benzene rings is 5. The molecule has 5 aromatic carbocycles. The van der Waals surface area contributed by atoms with Gasteiger partial charge in [0.2, 0.25) is 0 Å².